The highest BCUT2D eigenvalue weighted by atomic mass is 16.4. The molecule has 1 aliphatic heterocycles. The van der Waals surface area contributed by atoms with Crippen molar-refractivity contribution in [3.05, 3.63) is 35.9 Å². The van der Waals surface area contributed by atoms with Crippen molar-refractivity contribution < 1.29 is 14.7 Å². The molecule has 1 amide bonds. The molecule has 2 aliphatic rings. The number of carbonyl (C=O) groups excluding carboxylic acids is 1. The first-order valence-corrected chi connectivity index (χ1v) is 9.15. The van der Waals surface area contributed by atoms with Crippen molar-refractivity contribution in [2.45, 2.75) is 39.8 Å². The number of carboxylic acids is 1. The van der Waals surface area contributed by atoms with E-state index in [1.807, 2.05) is 24.8 Å². The minimum atomic E-state index is -0.849. The Kier molecular flexibility index (Phi) is 4.87. The van der Waals surface area contributed by atoms with E-state index >= 15 is 0 Å². The third kappa shape index (κ3) is 3.43. The van der Waals surface area contributed by atoms with Crippen LogP contribution in [0.25, 0.3) is 0 Å². The van der Waals surface area contributed by atoms with Crippen LogP contribution >= 0.6 is 0 Å². The molecule has 5 nitrogen and oxygen atoms in total. The topological polar surface area (TPSA) is 60.9 Å². The van der Waals surface area contributed by atoms with Crippen LogP contribution in [-0.2, 0) is 16.1 Å². The summed E-state index contributed by atoms with van der Waals surface area (Å²) in [5, 5.41) is 9.33. The molecule has 1 aromatic rings. The number of carboxylic acid groups (broad SMARTS) is 1. The van der Waals surface area contributed by atoms with Gasteiger partial charge in [-0.25, -0.2) is 0 Å². The van der Waals surface area contributed by atoms with E-state index in [2.05, 4.69) is 36.1 Å². The lowest BCUT2D eigenvalue weighted by Crippen LogP contribution is -2.54. The van der Waals surface area contributed by atoms with Crippen molar-refractivity contribution >= 4 is 11.9 Å². The highest BCUT2D eigenvalue weighted by Crippen LogP contribution is 2.59. The molecule has 0 bridgehead atoms. The fourth-order valence-electron chi connectivity index (χ4n) is 4.26. The number of hydrogen-bond donors (Lipinski definition) is 1. The van der Waals surface area contributed by atoms with Crippen molar-refractivity contribution in [1.29, 1.82) is 0 Å². The second kappa shape index (κ2) is 6.79. The molecule has 1 saturated carbocycles. The SMILES string of the molecule is CCC1CN(C(=O)[C@@H]2[C@H](C(=O)O)C2(C)C)CCN1Cc1ccccc1. The summed E-state index contributed by atoms with van der Waals surface area (Å²) in [4.78, 5) is 28.6. The largest absolute Gasteiger partial charge is 0.481 e. The molecule has 0 spiro atoms. The summed E-state index contributed by atoms with van der Waals surface area (Å²) < 4.78 is 0. The van der Waals surface area contributed by atoms with Crippen LogP contribution < -0.4 is 0 Å². The number of nitrogens with zero attached hydrogens (tertiary/aromatic N) is 2. The van der Waals surface area contributed by atoms with E-state index in [1.54, 1.807) is 0 Å². The molecule has 1 saturated heterocycles. The van der Waals surface area contributed by atoms with Crippen LogP contribution in [0.4, 0.5) is 0 Å². The Morgan fingerprint density at radius 1 is 1.16 bits per heavy atom. The summed E-state index contributed by atoms with van der Waals surface area (Å²) >= 11 is 0. The van der Waals surface area contributed by atoms with E-state index in [0.717, 1.165) is 19.5 Å². The lowest BCUT2D eigenvalue weighted by molar-refractivity contribution is -0.143. The zero-order valence-corrected chi connectivity index (χ0v) is 15.3. The lowest BCUT2D eigenvalue weighted by Gasteiger charge is -2.41. The first kappa shape index (κ1) is 17.9. The van der Waals surface area contributed by atoms with E-state index in [0.29, 0.717) is 19.1 Å². The van der Waals surface area contributed by atoms with Gasteiger partial charge in [0, 0.05) is 32.2 Å². The first-order chi connectivity index (χ1) is 11.9. The normalized spacial score (nSPS) is 28.6. The van der Waals surface area contributed by atoms with Crippen LogP contribution in [0, 0.1) is 17.3 Å². The predicted molar refractivity (Wildman–Crippen MR) is 95.9 cm³/mol. The first-order valence-electron chi connectivity index (χ1n) is 9.15. The van der Waals surface area contributed by atoms with Gasteiger partial charge in [0.15, 0.2) is 0 Å². The second-order valence-electron chi connectivity index (χ2n) is 7.92. The van der Waals surface area contributed by atoms with Crippen molar-refractivity contribution in [2.24, 2.45) is 17.3 Å². The number of aliphatic carboxylic acids is 1. The van der Waals surface area contributed by atoms with Gasteiger partial charge in [0.05, 0.1) is 11.8 Å². The smallest absolute Gasteiger partial charge is 0.307 e. The second-order valence-corrected chi connectivity index (χ2v) is 7.92. The maximum absolute atomic E-state index is 12.9. The van der Waals surface area contributed by atoms with Gasteiger partial charge < -0.3 is 10.0 Å². The van der Waals surface area contributed by atoms with Gasteiger partial charge in [-0.15, -0.1) is 0 Å². The van der Waals surface area contributed by atoms with Crippen LogP contribution in [0.5, 0.6) is 0 Å². The van der Waals surface area contributed by atoms with Crippen molar-refractivity contribution in [2.75, 3.05) is 19.6 Å². The Bertz CT molecular complexity index is 644. The molecular formula is C20H28N2O3. The van der Waals surface area contributed by atoms with Crippen LogP contribution in [0.2, 0.25) is 0 Å². The number of hydrogen-bond acceptors (Lipinski definition) is 3. The van der Waals surface area contributed by atoms with Crippen molar-refractivity contribution in [3.63, 3.8) is 0 Å². The molecule has 3 atom stereocenters. The molecule has 0 radical (unpaired) electrons. The van der Waals surface area contributed by atoms with E-state index in [9.17, 15) is 14.7 Å². The van der Waals surface area contributed by atoms with Crippen LogP contribution in [0.15, 0.2) is 30.3 Å². The Labute approximate surface area is 149 Å². The van der Waals surface area contributed by atoms with Gasteiger partial charge in [0.1, 0.15) is 0 Å². The summed E-state index contributed by atoms with van der Waals surface area (Å²) in [6.07, 6.45) is 0.979. The van der Waals surface area contributed by atoms with Gasteiger partial charge >= 0.3 is 5.97 Å². The minimum Gasteiger partial charge on any atom is -0.481 e. The van der Waals surface area contributed by atoms with E-state index in [4.69, 9.17) is 0 Å². The molecule has 2 fully saturated rings. The lowest BCUT2D eigenvalue weighted by atomic mass is 10.1. The van der Waals surface area contributed by atoms with Crippen molar-refractivity contribution in [1.82, 2.24) is 9.80 Å². The maximum Gasteiger partial charge on any atom is 0.307 e. The molecule has 5 heteroatoms. The molecule has 25 heavy (non-hydrogen) atoms. The van der Waals surface area contributed by atoms with E-state index in [-0.39, 0.29) is 11.8 Å². The van der Waals surface area contributed by atoms with Gasteiger partial charge in [-0.3, -0.25) is 14.5 Å². The van der Waals surface area contributed by atoms with Crippen LogP contribution in [0.1, 0.15) is 32.8 Å². The molecule has 1 aromatic carbocycles. The summed E-state index contributed by atoms with van der Waals surface area (Å²) in [7, 11) is 0. The molecule has 1 unspecified atom stereocenters. The average Bonchev–Trinajstić information content (AvgIpc) is 3.18. The number of amides is 1. The zero-order valence-electron chi connectivity index (χ0n) is 15.3. The molecular weight excluding hydrogens is 316 g/mol. The number of carbonyl (C=O) groups is 2. The molecule has 136 valence electrons. The third-order valence-corrected chi connectivity index (χ3v) is 5.98. The molecule has 3 rings (SSSR count). The number of piperazine rings is 1. The molecule has 0 aromatic heterocycles. The predicted octanol–water partition coefficient (Wildman–Crippen LogP) is 2.47. The monoisotopic (exact) mass is 344 g/mol. The highest BCUT2D eigenvalue weighted by molar-refractivity contribution is 5.91. The molecule has 1 N–H and O–H groups in total. The van der Waals surface area contributed by atoms with E-state index in [1.165, 1.54) is 5.56 Å². The molecule has 1 heterocycles. The zero-order chi connectivity index (χ0) is 18.2. The average molecular weight is 344 g/mol. The van der Waals surface area contributed by atoms with Crippen LogP contribution in [0.3, 0.4) is 0 Å². The minimum absolute atomic E-state index is 0.0233. The Hall–Kier alpha value is -1.88. The van der Waals surface area contributed by atoms with Gasteiger partial charge in [0.2, 0.25) is 5.91 Å². The van der Waals surface area contributed by atoms with Crippen LogP contribution in [-0.4, -0.2) is 52.5 Å². The van der Waals surface area contributed by atoms with Gasteiger partial charge in [-0.2, -0.15) is 0 Å². The summed E-state index contributed by atoms with van der Waals surface area (Å²) in [6.45, 7) is 9.03. The quantitative estimate of drug-likeness (QED) is 0.891. The van der Waals surface area contributed by atoms with Gasteiger partial charge in [-0.05, 0) is 17.4 Å². The Morgan fingerprint density at radius 3 is 2.40 bits per heavy atom. The van der Waals surface area contributed by atoms with E-state index < -0.39 is 17.3 Å². The number of rotatable bonds is 5. The van der Waals surface area contributed by atoms with Gasteiger partial charge in [-0.1, -0.05) is 51.1 Å². The summed E-state index contributed by atoms with van der Waals surface area (Å²) in [6, 6.07) is 10.7. The number of benzene rings is 1. The van der Waals surface area contributed by atoms with Gasteiger partial charge in [0.25, 0.3) is 0 Å². The fraction of sp³-hybridized carbons (Fsp3) is 0.600. The summed E-state index contributed by atoms with van der Waals surface area (Å²) in [5.41, 5.74) is 0.862. The maximum atomic E-state index is 12.9. The molecule has 1 aliphatic carbocycles. The fourth-order valence-corrected chi connectivity index (χ4v) is 4.26. The Balaban J connectivity index is 1.64. The standard InChI is InChI=1S/C20H28N2O3/c1-4-15-13-22(18(23)16-17(19(24)25)20(16,2)3)11-10-21(15)12-14-8-6-5-7-9-14/h5-9,15-17H,4,10-13H2,1-3H3,(H,24,25)/t15?,16-,17+/m0/s1. The van der Waals surface area contributed by atoms with Crippen molar-refractivity contribution in [3.8, 4) is 0 Å². The Morgan fingerprint density at radius 2 is 1.84 bits per heavy atom. The highest BCUT2D eigenvalue weighted by Gasteiger charge is 2.66. The summed E-state index contributed by atoms with van der Waals surface area (Å²) in [5.74, 6) is -1.74. The third-order valence-electron chi connectivity index (χ3n) is 5.98.